The third-order valence-electron chi connectivity index (χ3n) is 1.62. The molecule has 0 aliphatic heterocycles. The van der Waals surface area contributed by atoms with E-state index in [9.17, 15) is 9.59 Å². The number of hydrogen-bond donors (Lipinski definition) is 1. The number of aliphatic carboxylic acids is 1. The molecule has 80 valence electrons. The van der Waals surface area contributed by atoms with Crippen LogP contribution in [0.5, 0.6) is 0 Å². The Balaban J connectivity index is 4.44. The standard InChI is InChI=1S/C10H16O4/c1-4-5-14-10(13)8(7(2)3)6-9(11)12/h4-6H2,1-3H3,(H,11,12). The van der Waals surface area contributed by atoms with E-state index in [2.05, 4.69) is 0 Å². The van der Waals surface area contributed by atoms with Crippen molar-refractivity contribution < 1.29 is 19.4 Å². The van der Waals surface area contributed by atoms with Crippen molar-refractivity contribution in [2.24, 2.45) is 0 Å². The van der Waals surface area contributed by atoms with Crippen molar-refractivity contribution in [3.63, 3.8) is 0 Å². The summed E-state index contributed by atoms with van der Waals surface area (Å²) in [5.41, 5.74) is 0.930. The van der Waals surface area contributed by atoms with Crippen molar-refractivity contribution in [2.75, 3.05) is 6.61 Å². The van der Waals surface area contributed by atoms with E-state index in [4.69, 9.17) is 9.84 Å². The molecule has 0 saturated heterocycles. The molecule has 0 aromatic heterocycles. The number of allylic oxidation sites excluding steroid dienone is 1. The van der Waals surface area contributed by atoms with Gasteiger partial charge in [0.25, 0.3) is 0 Å². The molecule has 0 amide bonds. The molecule has 0 aliphatic rings. The second-order valence-corrected chi connectivity index (χ2v) is 3.18. The Labute approximate surface area is 83.6 Å². The molecule has 0 radical (unpaired) electrons. The Morgan fingerprint density at radius 2 is 1.86 bits per heavy atom. The van der Waals surface area contributed by atoms with E-state index in [0.29, 0.717) is 12.2 Å². The largest absolute Gasteiger partial charge is 0.481 e. The van der Waals surface area contributed by atoms with Crippen LogP contribution in [0.2, 0.25) is 0 Å². The van der Waals surface area contributed by atoms with Gasteiger partial charge in [0.05, 0.1) is 13.0 Å². The van der Waals surface area contributed by atoms with Crippen LogP contribution in [0.15, 0.2) is 11.1 Å². The van der Waals surface area contributed by atoms with E-state index in [1.807, 2.05) is 6.92 Å². The minimum absolute atomic E-state index is 0.242. The number of ether oxygens (including phenoxy) is 1. The minimum atomic E-state index is -1.02. The number of rotatable bonds is 5. The predicted octanol–water partition coefficient (Wildman–Crippen LogP) is 1.75. The van der Waals surface area contributed by atoms with Crippen molar-refractivity contribution in [3.05, 3.63) is 11.1 Å². The average molecular weight is 200 g/mol. The molecule has 0 aromatic rings. The molecule has 0 heterocycles. The van der Waals surface area contributed by atoms with Gasteiger partial charge in [0.15, 0.2) is 0 Å². The molecule has 0 unspecified atom stereocenters. The fraction of sp³-hybridized carbons (Fsp3) is 0.600. The van der Waals surface area contributed by atoms with Gasteiger partial charge in [-0.3, -0.25) is 4.79 Å². The second-order valence-electron chi connectivity index (χ2n) is 3.18. The molecule has 0 aromatic carbocycles. The quantitative estimate of drug-likeness (QED) is 0.542. The first kappa shape index (κ1) is 12.7. The minimum Gasteiger partial charge on any atom is -0.481 e. The number of carboxylic acids is 1. The van der Waals surface area contributed by atoms with Gasteiger partial charge >= 0.3 is 11.9 Å². The summed E-state index contributed by atoms with van der Waals surface area (Å²) in [7, 11) is 0. The summed E-state index contributed by atoms with van der Waals surface area (Å²) in [6.07, 6.45) is 0.458. The van der Waals surface area contributed by atoms with Gasteiger partial charge in [0, 0.05) is 5.57 Å². The van der Waals surface area contributed by atoms with Gasteiger partial charge in [-0.2, -0.15) is 0 Å². The highest BCUT2D eigenvalue weighted by Gasteiger charge is 2.15. The highest BCUT2D eigenvalue weighted by molar-refractivity contribution is 5.94. The smallest absolute Gasteiger partial charge is 0.334 e. The van der Waals surface area contributed by atoms with E-state index < -0.39 is 11.9 Å². The Morgan fingerprint density at radius 1 is 1.29 bits per heavy atom. The maximum Gasteiger partial charge on any atom is 0.334 e. The Bertz CT molecular complexity index is 249. The summed E-state index contributed by atoms with van der Waals surface area (Å²) in [6, 6.07) is 0. The molecule has 0 spiro atoms. The maximum absolute atomic E-state index is 11.3. The van der Waals surface area contributed by atoms with Crippen LogP contribution in [0, 0.1) is 0 Å². The van der Waals surface area contributed by atoms with Crippen LogP contribution < -0.4 is 0 Å². The van der Waals surface area contributed by atoms with Crippen molar-refractivity contribution in [1.82, 2.24) is 0 Å². The summed E-state index contributed by atoms with van der Waals surface area (Å²) < 4.78 is 4.86. The zero-order chi connectivity index (χ0) is 11.1. The number of carboxylic acid groups (broad SMARTS) is 1. The molecule has 0 fully saturated rings. The van der Waals surface area contributed by atoms with E-state index in [1.165, 1.54) is 0 Å². The molecule has 4 nitrogen and oxygen atoms in total. The highest BCUT2D eigenvalue weighted by Crippen LogP contribution is 2.10. The van der Waals surface area contributed by atoms with Crippen LogP contribution >= 0.6 is 0 Å². The monoisotopic (exact) mass is 200 g/mol. The highest BCUT2D eigenvalue weighted by atomic mass is 16.5. The van der Waals surface area contributed by atoms with Crippen LogP contribution in [-0.4, -0.2) is 23.7 Å². The van der Waals surface area contributed by atoms with Crippen molar-refractivity contribution in [3.8, 4) is 0 Å². The number of esters is 1. The molecule has 14 heavy (non-hydrogen) atoms. The first-order valence-electron chi connectivity index (χ1n) is 4.54. The predicted molar refractivity (Wildman–Crippen MR) is 51.9 cm³/mol. The summed E-state index contributed by atoms with van der Waals surface area (Å²) in [5.74, 6) is -1.54. The van der Waals surface area contributed by atoms with Crippen molar-refractivity contribution in [1.29, 1.82) is 0 Å². The van der Waals surface area contributed by atoms with Crippen LogP contribution in [0.3, 0.4) is 0 Å². The average Bonchev–Trinajstić information content (AvgIpc) is 2.09. The molecule has 0 bridgehead atoms. The van der Waals surface area contributed by atoms with Crippen molar-refractivity contribution >= 4 is 11.9 Å². The SMILES string of the molecule is CCCOC(=O)C(CC(=O)O)=C(C)C. The Kier molecular flexibility index (Phi) is 5.60. The fourth-order valence-electron chi connectivity index (χ4n) is 0.886. The summed E-state index contributed by atoms with van der Waals surface area (Å²) in [5, 5.41) is 8.57. The normalized spacial score (nSPS) is 9.36. The van der Waals surface area contributed by atoms with Crippen LogP contribution in [0.4, 0.5) is 0 Å². The lowest BCUT2D eigenvalue weighted by molar-refractivity contribution is -0.143. The lowest BCUT2D eigenvalue weighted by atomic mass is 10.1. The van der Waals surface area contributed by atoms with Crippen LogP contribution in [0.1, 0.15) is 33.6 Å². The second kappa shape index (κ2) is 6.18. The van der Waals surface area contributed by atoms with Gasteiger partial charge in [-0.25, -0.2) is 4.79 Å². The van der Waals surface area contributed by atoms with Gasteiger partial charge in [-0.15, -0.1) is 0 Å². The van der Waals surface area contributed by atoms with Crippen LogP contribution in [0.25, 0.3) is 0 Å². The topological polar surface area (TPSA) is 63.6 Å². The molecular formula is C10H16O4. The van der Waals surface area contributed by atoms with Gasteiger partial charge in [0.2, 0.25) is 0 Å². The third-order valence-corrected chi connectivity index (χ3v) is 1.62. The first-order valence-corrected chi connectivity index (χ1v) is 4.54. The molecule has 0 aliphatic carbocycles. The zero-order valence-corrected chi connectivity index (χ0v) is 8.79. The fourth-order valence-corrected chi connectivity index (χ4v) is 0.886. The van der Waals surface area contributed by atoms with Crippen molar-refractivity contribution in [2.45, 2.75) is 33.6 Å². The molecule has 0 saturated carbocycles. The van der Waals surface area contributed by atoms with Gasteiger partial charge < -0.3 is 9.84 Å². The summed E-state index contributed by atoms with van der Waals surface area (Å²) in [4.78, 5) is 21.8. The maximum atomic E-state index is 11.3. The molecule has 4 heteroatoms. The molecular weight excluding hydrogens is 184 g/mol. The number of hydrogen-bond acceptors (Lipinski definition) is 3. The van der Waals surface area contributed by atoms with E-state index in [-0.39, 0.29) is 12.0 Å². The Hall–Kier alpha value is -1.32. The van der Waals surface area contributed by atoms with E-state index in [1.54, 1.807) is 13.8 Å². The lowest BCUT2D eigenvalue weighted by Crippen LogP contribution is -2.13. The van der Waals surface area contributed by atoms with Gasteiger partial charge in [0.1, 0.15) is 0 Å². The summed E-state index contributed by atoms with van der Waals surface area (Å²) >= 11 is 0. The van der Waals surface area contributed by atoms with Gasteiger partial charge in [-0.1, -0.05) is 12.5 Å². The van der Waals surface area contributed by atoms with Gasteiger partial charge in [-0.05, 0) is 20.3 Å². The number of carbonyl (C=O) groups excluding carboxylic acids is 1. The molecule has 0 atom stereocenters. The van der Waals surface area contributed by atoms with E-state index in [0.717, 1.165) is 6.42 Å². The summed E-state index contributed by atoms with van der Waals surface area (Å²) in [6.45, 7) is 5.61. The Morgan fingerprint density at radius 3 is 2.21 bits per heavy atom. The van der Waals surface area contributed by atoms with Crippen LogP contribution in [-0.2, 0) is 14.3 Å². The lowest BCUT2D eigenvalue weighted by Gasteiger charge is -2.07. The first-order chi connectivity index (χ1) is 6.49. The van der Waals surface area contributed by atoms with E-state index >= 15 is 0 Å². The molecule has 1 N–H and O–H groups in total. The third kappa shape index (κ3) is 4.64. The molecule has 0 rings (SSSR count). The zero-order valence-electron chi connectivity index (χ0n) is 8.79. The number of carbonyl (C=O) groups is 2.